The van der Waals surface area contributed by atoms with Crippen LogP contribution in [0.3, 0.4) is 0 Å². The van der Waals surface area contributed by atoms with Gasteiger partial charge in [-0.15, -0.1) is 0 Å². The van der Waals surface area contributed by atoms with Crippen LogP contribution < -0.4 is 10.9 Å². The Hall–Kier alpha value is -4.21. The molecule has 2 amide bonds. The Labute approximate surface area is 234 Å². The van der Waals surface area contributed by atoms with Crippen LogP contribution in [0.15, 0.2) is 78.0 Å². The van der Waals surface area contributed by atoms with Gasteiger partial charge in [-0.25, -0.2) is 9.07 Å². The Morgan fingerprint density at radius 2 is 1.78 bits per heavy atom. The molecule has 0 saturated heterocycles. The number of fused-ring (bicyclic) bond motifs is 4. The second-order valence-electron chi connectivity index (χ2n) is 11.1. The van der Waals surface area contributed by atoms with E-state index < -0.39 is 41.2 Å². The van der Waals surface area contributed by atoms with E-state index in [1.54, 1.807) is 59.4 Å². The minimum absolute atomic E-state index is 0.281. The fourth-order valence-corrected chi connectivity index (χ4v) is 6.80. The van der Waals surface area contributed by atoms with Crippen molar-refractivity contribution < 1.29 is 27.2 Å². The standard InChI is InChI=1S/C31H28F4N4O2/c1-30-16-19-17-36-39(22-10-8-21(32)9-11-22)26(19)15-20(30)7-12-23-24(30)13-14-25(31(33,34)35)27(23)29(41)38-37-28(40)18-5-3-2-4-6-18/h2-6,8-11,13,15,17,23,25,27H,7,12,14,16H2,1H3,(H,37,40)(H,38,41)/t23-,25+,27+,30-/m0/s1. The molecule has 0 bridgehead atoms. The number of benzene rings is 2. The lowest BCUT2D eigenvalue weighted by Crippen LogP contribution is -2.53. The summed E-state index contributed by atoms with van der Waals surface area (Å²) >= 11 is 0. The zero-order valence-electron chi connectivity index (χ0n) is 22.2. The third kappa shape index (κ3) is 4.75. The topological polar surface area (TPSA) is 76.0 Å². The number of nitrogens with zero attached hydrogens (tertiary/aromatic N) is 2. The van der Waals surface area contributed by atoms with Gasteiger partial charge in [-0.1, -0.05) is 42.3 Å². The van der Waals surface area contributed by atoms with E-state index in [1.165, 1.54) is 12.1 Å². The maximum absolute atomic E-state index is 14.2. The van der Waals surface area contributed by atoms with E-state index in [2.05, 4.69) is 16.0 Å². The highest BCUT2D eigenvalue weighted by molar-refractivity contribution is 5.95. The second-order valence-corrected chi connectivity index (χ2v) is 11.1. The summed E-state index contributed by atoms with van der Waals surface area (Å²) in [6, 6.07) is 14.2. The zero-order valence-corrected chi connectivity index (χ0v) is 22.2. The highest BCUT2D eigenvalue weighted by Crippen LogP contribution is 2.58. The molecule has 3 aliphatic carbocycles. The monoisotopic (exact) mass is 564 g/mol. The van der Waals surface area contributed by atoms with E-state index >= 15 is 0 Å². The molecule has 0 aliphatic heterocycles. The molecule has 3 aliphatic rings. The molecule has 0 unspecified atom stereocenters. The van der Waals surface area contributed by atoms with Crippen LogP contribution in [0.2, 0.25) is 0 Å². The molecule has 1 aromatic heterocycles. The normalized spacial score (nSPS) is 25.1. The van der Waals surface area contributed by atoms with E-state index in [-0.39, 0.29) is 17.8 Å². The van der Waals surface area contributed by atoms with E-state index in [9.17, 15) is 27.2 Å². The number of carbonyl (C=O) groups excluding carboxylic acids is 2. The van der Waals surface area contributed by atoms with E-state index in [0.29, 0.717) is 24.9 Å². The van der Waals surface area contributed by atoms with Crippen LogP contribution in [0.25, 0.3) is 11.8 Å². The lowest BCUT2D eigenvalue weighted by Gasteiger charge is -2.50. The van der Waals surface area contributed by atoms with Crippen molar-refractivity contribution in [2.24, 2.45) is 23.2 Å². The molecule has 1 heterocycles. The van der Waals surface area contributed by atoms with Gasteiger partial charge in [-0.2, -0.15) is 18.3 Å². The summed E-state index contributed by atoms with van der Waals surface area (Å²) in [7, 11) is 0. The van der Waals surface area contributed by atoms with Crippen molar-refractivity contribution in [3.8, 4) is 5.69 Å². The molecule has 6 nitrogen and oxygen atoms in total. The summed E-state index contributed by atoms with van der Waals surface area (Å²) in [5.41, 5.74) is 8.68. The number of halogens is 4. The van der Waals surface area contributed by atoms with Crippen molar-refractivity contribution in [1.82, 2.24) is 20.6 Å². The first kappa shape index (κ1) is 27.0. The fraction of sp³-hybridized carbons (Fsp3) is 0.323. The predicted octanol–water partition coefficient (Wildman–Crippen LogP) is 5.95. The van der Waals surface area contributed by atoms with Gasteiger partial charge in [0.15, 0.2) is 0 Å². The molecule has 1 saturated carbocycles. The van der Waals surface area contributed by atoms with E-state index in [4.69, 9.17) is 0 Å². The molecule has 6 rings (SSSR count). The first-order valence-electron chi connectivity index (χ1n) is 13.5. The number of hydrazine groups is 1. The molecule has 10 heteroatoms. The van der Waals surface area contributed by atoms with E-state index in [1.807, 2.05) is 13.0 Å². The summed E-state index contributed by atoms with van der Waals surface area (Å²) < 4.78 is 58.0. The van der Waals surface area contributed by atoms with Gasteiger partial charge in [0, 0.05) is 11.0 Å². The molecule has 0 spiro atoms. The molecule has 41 heavy (non-hydrogen) atoms. The minimum Gasteiger partial charge on any atom is -0.273 e. The smallest absolute Gasteiger partial charge is 0.273 e. The first-order valence-corrected chi connectivity index (χ1v) is 13.5. The summed E-state index contributed by atoms with van der Waals surface area (Å²) in [5, 5.41) is 4.52. The van der Waals surface area contributed by atoms with Crippen LogP contribution in [-0.2, 0) is 11.2 Å². The predicted molar refractivity (Wildman–Crippen MR) is 144 cm³/mol. The number of alkyl halides is 3. The Balaban J connectivity index is 1.29. The van der Waals surface area contributed by atoms with Crippen molar-refractivity contribution in [3.05, 3.63) is 101 Å². The SMILES string of the molecule is C[C@]12Cc3cnn(-c4ccc(F)cc4)c3C=C1CC[C@H]1C2=CC[C@@H](C(F)(F)F)[C@@H]1C(=O)NNC(=O)c1ccccc1. The molecular weight excluding hydrogens is 536 g/mol. The van der Waals surface area contributed by atoms with Crippen molar-refractivity contribution >= 4 is 17.9 Å². The summed E-state index contributed by atoms with van der Waals surface area (Å²) in [6.45, 7) is 2.02. The highest BCUT2D eigenvalue weighted by atomic mass is 19.4. The van der Waals surface area contributed by atoms with Crippen molar-refractivity contribution in [2.45, 2.75) is 38.8 Å². The lowest BCUT2D eigenvalue weighted by molar-refractivity contribution is -0.197. The van der Waals surface area contributed by atoms with Gasteiger partial charge in [0.05, 0.1) is 29.4 Å². The Bertz CT molecular complexity index is 1560. The number of carbonyl (C=O) groups is 2. The third-order valence-electron chi connectivity index (χ3n) is 8.80. The maximum atomic E-state index is 14.2. The van der Waals surface area contributed by atoms with Gasteiger partial charge < -0.3 is 0 Å². The largest absolute Gasteiger partial charge is 0.392 e. The van der Waals surface area contributed by atoms with Gasteiger partial charge in [-0.3, -0.25) is 20.4 Å². The highest BCUT2D eigenvalue weighted by Gasteiger charge is 2.56. The van der Waals surface area contributed by atoms with Crippen LogP contribution >= 0.6 is 0 Å². The van der Waals surface area contributed by atoms with Crippen LogP contribution in [0.4, 0.5) is 17.6 Å². The van der Waals surface area contributed by atoms with Crippen LogP contribution in [0, 0.1) is 29.0 Å². The van der Waals surface area contributed by atoms with Gasteiger partial charge in [0.1, 0.15) is 5.82 Å². The average molecular weight is 565 g/mol. The fourth-order valence-electron chi connectivity index (χ4n) is 6.80. The number of hydrogen-bond donors (Lipinski definition) is 2. The summed E-state index contributed by atoms with van der Waals surface area (Å²) in [4.78, 5) is 25.9. The lowest BCUT2D eigenvalue weighted by atomic mass is 9.54. The number of amides is 2. The third-order valence-corrected chi connectivity index (χ3v) is 8.80. The van der Waals surface area contributed by atoms with Gasteiger partial charge in [-0.05, 0) is 79.6 Å². The second kappa shape index (κ2) is 10.0. The van der Waals surface area contributed by atoms with E-state index in [0.717, 1.165) is 22.4 Å². The Kier molecular flexibility index (Phi) is 6.59. The molecule has 0 radical (unpaired) electrons. The Morgan fingerprint density at radius 1 is 1.05 bits per heavy atom. The number of aromatic nitrogens is 2. The molecule has 212 valence electrons. The van der Waals surface area contributed by atoms with Crippen LogP contribution in [0.1, 0.15) is 47.8 Å². The molecular formula is C31H28F4N4O2. The average Bonchev–Trinajstić information content (AvgIpc) is 3.36. The number of rotatable bonds is 3. The maximum Gasteiger partial charge on any atom is 0.392 e. The quantitative estimate of drug-likeness (QED) is 0.235. The Morgan fingerprint density at radius 3 is 2.49 bits per heavy atom. The molecule has 2 aromatic carbocycles. The molecule has 3 aromatic rings. The summed E-state index contributed by atoms with van der Waals surface area (Å²) in [5.74, 6) is -5.68. The van der Waals surface area contributed by atoms with Gasteiger partial charge in [0.25, 0.3) is 5.91 Å². The minimum atomic E-state index is -4.58. The molecule has 1 fully saturated rings. The number of allylic oxidation sites excluding steroid dienone is 3. The number of nitrogens with one attached hydrogen (secondary N) is 2. The molecule has 2 N–H and O–H groups in total. The van der Waals surface area contributed by atoms with Crippen LogP contribution in [-0.4, -0.2) is 27.8 Å². The van der Waals surface area contributed by atoms with Crippen molar-refractivity contribution in [1.29, 1.82) is 0 Å². The van der Waals surface area contributed by atoms with Crippen molar-refractivity contribution in [2.75, 3.05) is 0 Å². The first-order chi connectivity index (χ1) is 19.6. The van der Waals surface area contributed by atoms with Gasteiger partial charge in [0.2, 0.25) is 5.91 Å². The molecule has 4 atom stereocenters. The van der Waals surface area contributed by atoms with Crippen molar-refractivity contribution in [3.63, 3.8) is 0 Å². The number of hydrogen-bond acceptors (Lipinski definition) is 3. The zero-order chi connectivity index (χ0) is 28.9. The van der Waals surface area contributed by atoms with Gasteiger partial charge >= 0.3 is 6.18 Å². The summed E-state index contributed by atoms with van der Waals surface area (Å²) in [6.07, 6.45) is 1.96. The van der Waals surface area contributed by atoms with Crippen LogP contribution in [0.5, 0.6) is 0 Å².